The van der Waals surface area contributed by atoms with E-state index >= 15 is 0 Å². The van der Waals surface area contributed by atoms with Crippen LogP contribution in [0.1, 0.15) is 0 Å². The lowest BCUT2D eigenvalue weighted by Gasteiger charge is -2.26. The van der Waals surface area contributed by atoms with Gasteiger partial charge in [-0.3, -0.25) is 4.90 Å². The van der Waals surface area contributed by atoms with Gasteiger partial charge in [0.25, 0.3) is 0 Å². The number of fused-ring (bicyclic) bond motifs is 1. The lowest BCUT2D eigenvalue weighted by atomic mass is 10.2. The molecule has 1 aromatic carbocycles. The van der Waals surface area contributed by atoms with E-state index < -0.39 is 31.5 Å². The van der Waals surface area contributed by atoms with Gasteiger partial charge in [0.2, 0.25) is 0 Å². The van der Waals surface area contributed by atoms with Crippen LogP contribution in [0.5, 0.6) is 11.5 Å². The summed E-state index contributed by atoms with van der Waals surface area (Å²) in [6.07, 6.45) is 3.12. The summed E-state index contributed by atoms with van der Waals surface area (Å²) < 4.78 is 48.3. The number of benzene rings is 1. The maximum Gasteiger partial charge on any atom is 0.319 e. The largest absolute Gasteiger partial charge is 0.450 e. The van der Waals surface area contributed by atoms with E-state index in [0.717, 1.165) is 31.3 Å². The van der Waals surface area contributed by atoms with Crippen molar-refractivity contribution in [2.75, 3.05) is 51.3 Å². The SMILES string of the molecule is C[Si](C)(C)CCOCn1cc(Cl)c2c(Oc3c(F)cc(NC(=O)NCCN4CCOCC4)cc3F)ccnc21. The summed E-state index contributed by atoms with van der Waals surface area (Å²) >= 11 is 6.45. The van der Waals surface area contributed by atoms with Gasteiger partial charge in [-0.1, -0.05) is 31.2 Å². The molecule has 2 aromatic heterocycles. The second-order valence-electron chi connectivity index (χ2n) is 10.5. The van der Waals surface area contributed by atoms with Crippen molar-refractivity contribution in [2.24, 2.45) is 0 Å². The van der Waals surface area contributed by atoms with Gasteiger partial charge >= 0.3 is 6.03 Å². The van der Waals surface area contributed by atoms with Crippen LogP contribution in [0, 0.1) is 11.6 Å². The number of nitrogens with zero attached hydrogens (tertiary/aromatic N) is 3. The maximum absolute atomic E-state index is 14.9. The third kappa shape index (κ3) is 8.12. The first kappa shape index (κ1) is 29.2. The van der Waals surface area contributed by atoms with Crippen LogP contribution in [0.2, 0.25) is 30.7 Å². The summed E-state index contributed by atoms with van der Waals surface area (Å²) in [5.41, 5.74) is 0.430. The number of halogens is 3. The molecule has 0 radical (unpaired) electrons. The lowest BCUT2D eigenvalue weighted by molar-refractivity contribution is 0.0388. The number of nitrogens with one attached hydrogen (secondary N) is 2. The highest BCUT2D eigenvalue weighted by molar-refractivity contribution is 6.76. The number of aromatic nitrogens is 2. The van der Waals surface area contributed by atoms with Gasteiger partial charge in [-0.2, -0.15) is 0 Å². The molecular weight excluding hydrogens is 548 g/mol. The zero-order chi connectivity index (χ0) is 28.0. The van der Waals surface area contributed by atoms with Crippen LogP contribution >= 0.6 is 11.6 Å². The van der Waals surface area contributed by atoms with E-state index in [1.807, 2.05) is 0 Å². The number of ether oxygens (including phenoxy) is 3. The first-order valence-corrected chi connectivity index (χ1v) is 16.9. The average molecular weight is 582 g/mol. The Hall–Kier alpha value is -2.77. The normalized spacial score (nSPS) is 14.5. The van der Waals surface area contributed by atoms with E-state index in [4.69, 9.17) is 25.8 Å². The number of amides is 2. The Labute approximate surface area is 232 Å². The van der Waals surface area contributed by atoms with Crippen molar-refractivity contribution in [3.8, 4) is 11.5 Å². The monoisotopic (exact) mass is 581 g/mol. The van der Waals surface area contributed by atoms with Crippen LogP contribution in [0.25, 0.3) is 11.0 Å². The van der Waals surface area contributed by atoms with E-state index in [2.05, 4.69) is 40.2 Å². The molecule has 212 valence electrons. The van der Waals surface area contributed by atoms with Gasteiger partial charge < -0.3 is 29.4 Å². The molecule has 0 saturated carbocycles. The smallest absolute Gasteiger partial charge is 0.319 e. The molecule has 0 bridgehead atoms. The molecular formula is C26H34ClF2N5O4Si. The Morgan fingerprint density at radius 1 is 1.21 bits per heavy atom. The number of pyridine rings is 1. The lowest BCUT2D eigenvalue weighted by Crippen LogP contribution is -2.42. The molecule has 0 spiro atoms. The highest BCUT2D eigenvalue weighted by atomic mass is 35.5. The van der Waals surface area contributed by atoms with Crippen molar-refractivity contribution in [2.45, 2.75) is 32.4 Å². The standard InChI is InChI=1S/C26H34ClF2N5O4Si/c1-39(2,3)13-12-37-17-34-16-19(27)23-22(4-5-30-25(23)34)38-24-20(28)14-18(15-21(24)29)32-26(35)31-6-7-33-8-10-36-11-9-33/h4-5,14-16H,6-13,17H2,1-3H3,(H2,31,32,35). The molecule has 0 aliphatic carbocycles. The topological polar surface area (TPSA) is 89.9 Å². The van der Waals surface area contributed by atoms with Crippen molar-refractivity contribution in [1.82, 2.24) is 19.8 Å². The molecule has 2 amide bonds. The van der Waals surface area contributed by atoms with Gasteiger partial charge in [0.1, 0.15) is 18.1 Å². The highest BCUT2D eigenvalue weighted by Crippen LogP contribution is 2.37. The minimum absolute atomic E-state index is 0.0410. The minimum atomic E-state index is -1.23. The fourth-order valence-electron chi connectivity index (χ4n) is 4.03. The molecule has 3 heterocycles. The zero-order valence-corrected chi connectivity index (χ0v) is 24.1. The van der Waals surface area contributed by atoms with Crippen LogP contribution in [-0.4, -0.2) is 74.6 Å². The average Bonchev–Trinajstić information content (AvgIpc) is 3.20. The molecule has 0 atom stereocenters. The molecule has 1 saturated heterocycles. The zero-order valence-electron chi connectivity index (χ0n) is 22.4. The van der Waals surface area contributed by atoms with Gasteiger partial charge in [-0.15, -0.1) is 0 Å². The molecule has 3 aromatic rings. The van der Waals surface area contributed by atoms with Crippen LogP contribution in [0.4, 0.5) is 19.3 Å². The van der Waals surface area contributed by atoms with E-state index in [9.17, 15) is 13.6 Å². The summed E-state index contributed by atoms with van der Waals surface area (Å²) in [5, 5.41) is 5.86. The van der Waals surface area contributed by atoms with Crippen molar-refractivity contribution in [3.63, 3.8) is 0 Å². The second kappa shape index (κ2) is 13.1. The predicted molar refractivity (Wildman–Crippen MR) is 150 cm³/mol. The molecule has 2 N–H and O–H groups in total. The van der Waals surface area contributed by atoms with Crippen LogP contribution < -0.4 is 15.4 Å². The third-order valence-electron chi connectivity index (χ3n) is 6.19. The van der Waals surface area contributed by atoms with Crippen molar-refractivity contribution < 1.29 is 27.8 Å². The van der Waals surface area contributed by atoms with E-state index in [1.54, 1.807) is 10.8 Å². The van der Waals surface area contributed by atoms with Crippen LogP contribution in [0.3, 0.4) is 0 Å². The number of carbonyl (C=O) groups is 1. The first-order chi connectivity index (χ1) is 18.6. The number of anilines is 1. The van der Waals surface area contributed by atoms with Crippen molar-refractivity contribution >= 4 is 42.4 Å². The Morgan fingerprint density at radius 2 is 1.92 bits per heavy atom. The Bertz CT molecular complexity index is 1270. The third-order valence-corrected chi connectivity index (χ3v) is 8.18. The predicted octanol–water partition coefficient (Wildman–Crippen LogP) is 5.53. The van der Waals surface area contributed by atoms with Gasteiger partial charge in [0, 0.05) is 71.1 Å². The minimum Gasteiger partial charge on any atom is -0.450 e. The number of rotatable bonds is 11. The van der Waals surface area contributed by atoms with E-state index in [0.29, 0.717) is 49.0 Å². The molecule has 1 aliphatic heterocycles. The summed E-state index contributed by atoms with van der Waals surface area (Å²) in [7, 11) is -1.23. The van der Waals surface area contributed by atoms with Gasteiger partial charge in [0.15, 0.2) is 17.4 Å². The van der Waals surface area contributed by atoms with E-state index in [1.165, 1.54) is 12.3 Å². The molecule has 1 fully saturated rings. The number of urea groups is 1. The Morgan fingerprint density at radius 3 is 2.62 bits per heavy atom. The maximum atomic E-state index is 14.9. The Balaban J connectivity index is 1.40. The molecule has 1 aliphatic rings. The number of morpholine rings is 1. The van der Waals surface area contributed by atoms with Crippen LogP contribution in [-0.2, 0) is 16.2 Å². The summed E-state index contributed by atoms with van der Waals surface area (Å²) in [5.74, 6) is -2.43. The molecule has 39 heavy (non-hydrogen) atoms. The van der Waals surface area contributed by atoms with Crippen molar-refractivity contribution in [1.29, 1.82) is 0 Å². The first-order valence-electron chi connectivity index (χ1n) is 12.8. The second-order valence-corrected chi connectivity index (χ2v) is 16.5. The quantitative estimate of drug-likeness (QED) is 0.229. The number of carbonyl (C=O) groups excluding carboxylic acids is 1. The highest BCUT2D eigenvalue weighted by Gasteiger charge is 2.20. The van der Waals surface area contributed by atoms with Gasteiger partial charge in [0.05, 0.1) is 23.6 Å². The van der Waals surface area contributed by atoms with Gasteiger partial charge in [-0.25, -0.2) is 18.6 Å². The fraction of sp³-hybridized carbons (Fsp3) is 0.462. The van der Waals surface area contributed by atoms with Crippen LogP contribution in [0.15, 0.2) is 30.6 Å². The van der Waals surface area contributed by atoms with Gasteiger partial charge in [-0.05, 0) is 12.1 Å². The Kier molecular flexibility index (Phi) is 9.78. The fourth-order valence-corrected chi connectivity index (χ4v) is 5.08. The summed E-state index contributed by atoms with van der Waals surface area (Å²) in [6.45, 7) is 11.6. The molecule has 0 unspecified atom stereocenters. The number of hydrogen-bond acceptors (Lipinski definition) is 6. The molecule has 13 heteroatoms. The summed E-state index contributed by atoms with van der Waals surface area (Å²) in [4.78, 5) is 18.7. The van der Waals surface area contributed by atoms with Crippen molar-refractivity contribution in [3.05, 3.63) is 47.2 Å². The molecule has 4 rings (SSSR count). The number of hydrogen-bond donors (Lipinski definition) is 2. The van der Waals surface area contributed by atoms with E-state index in [-0.39, 0.29) is 18.2 Å². The molecule has 9 nitrogen and oxygen atoms in total. The summed E-state index contributed by atoms with van der Waals surface area (Å²) in [6, 6.07) is 3.93.